The van der Waals surface area contributed by atoms with Gasteiger partial charge in [-0.3, -0.25) is 4.79 Å². The minimum atomic E-state index is -0.0260. The lowest BCUT2D eigenvalue weighted by Crippen LogP contribution is -2.46. The molecule has 1 aliphatic heterocycles. The predicted molar refractivity (Wildman–Crippen MR) is 74.0 cm³/mol. The van der Waals surface area contributed by atoms with Crippen molar-refractivity contribution in [3.05, 3.63) is 22.4 Å². The van der Waals surface area contributed by atoms with Crippen LogP contribution >= 0.6 is 23.7 Å². The van der Waals surface area contributed by atoms with Gasteiger partial charge in [-0.05, 0) is 37.8 Å². The first kappa shape index (κ1) is 14.5. The third kappa shape index (κ3) is 3.98. The van der Waals surface area contributed by atoms with Gasteiger partial charge in [0.1, 0.15) is 0 Å². The third-order valence-electron chi connectivity index (χ3n) is 3.01. The number of hydrogen-bond acceptors (Lipinski definition) is 3. The van der Waals surface area contributed by atoms with Crippen molar-refractivity contribution in [2.24, 2.45) is 0 Å². The fraction of sp³-hybridized carbons (Fsp3) is 0.583. The largest absolute Gasteiger partial charge is 0.352 e. The van der Waals surface area contributed by atoms with Crippen molar-refractivity contribution in [1.82, 2.24) is 10.6 Å². The molecule has 0 aliphatic carbocycles. The molecule has 2 heterocycles. The minimum absolute atomic E-state index is 0. The molecule has 0 saturated carbocycles. The van der Waals surface area contributed by atoms with E-state index in [0.29, 0.717) is 6.04 Å². The average molecular weight is 275 g/mol. The first-order valence-electron chi connectivity index (χ1n) is 5.82. The van der Waals surface area contributed by atoms with Crippen molar-refractivity contribution in [3.63, 3.8) is 0 Å². The summed E-state index contributed by atoms with van der Waals surface area (Å²) in [7, 11) is 0. The molecule has 2 N–H and O–H groups in total. The molecule has 1 aromatic rings. The van der Waals surface area contributed by atoms with Crippen LogP contribution in [0.3, 0.4) is 0 Å². The maximum Gasteiger partial charge on any atom is 0.228 e. The molecule has 2 unspecified atom stereocenters. The fourth-order valence-corrected chi connectivity index (χ4v) is 2.75. The van der Waals surface area contributed by atoms with Gasteiger partial charge in [0.2, 0.25) is 5.91 Å². The maximum absolute atomic E-state index is 12.0. The first-order valence-corrected chi connectivity index (χ1v) is 6.70. The molecule has 0 radical (unpaired) electrons. The fourth-order valence-electron chi connectivity index (χ4n) is 1.97. The van der Waals surface area contributed by atoms with E-state index in [1.807, 2.05) is 24.4 Å². The highest BCUT2D eigenvalue weighted by molar-refractivity contribution is 7.10. The lowest BCUT2D eigenvalue weighted by Gasteiger charge is -2.25. The van der Waals surface area contributed by atoms with Gasteiger partial charge in [-0.25, -0.2) is 0 Å². The van der Waals surface area contributed by atoms with Crippen LogP contribution in [-0.2, 0) is 4.79 Å². The second-order valence-electron chi connectivity index (χ2n) is 4.29. The molecular weight excluding hydrogens is 256 g/mol. The van der Waals surface area contributed by atoms with Crippen LogP contribution in [0.25, 0.3) is 0 Å². The topological polar surface area (TPSA) is 41.1 Å². The number of halogens is 1. The van der Waals surface area contributed by atoms with E-state index in [4.69, 9.17) is 0 Å². The van der Waals surface area contributed by atoms with E-state index in [-0.39, 0.29) is 24.2 Å². The van der Waals surface area contributed by atoms with Gasteiger partial charge in [-0.15, -0.1) is 23.7 Å². The van der Waals surface area contributed by atoms with Gasteiger partial charge >= 0.3 is 0 Å². The Morgan fingerprint density at radius 2 is 2.47 bits per heavy atom. The van der Waals surface area contributed by atoms with Gasteiger partial charge in [0.15, 0.2) is 0 Å². The van der Waals surface area contributed by atoms with Crippen LogP contribution in [0.1, 0.15) is 30.6 Å². The number of thiophene rings is 1. The van der Waals surface area contributed by atoms with Gasteiger partial charge in [-0.2, -0.15) is 0 Å². The Bertz CT molecular complexity index is 336. The van der Waals surface area contributed by atoms with E-state index >= 15 is 0 Å². The maximum atomic E-state index is 12.0. The summed E-state index contributed by atoms with van der Waals surface area (Å²) < 4.78 is 0. The van der Waals surface area contributed by atoms with Crippen molar-refractivity contribution in [1.29, 1.82) is 0 Å². The Kier molecular flexibility index (Phi) is 5.95. The number of hydrogen-bond donors (Lipinski definition) is 2. The highest BCUT2D eigenvalue weighted by atomic mass is 35.5. The van der Waals surface area contributed by atoms with Crippen molar-refractivity contribution in [2.45, 2.75) is 31.7 Å². The third-order valence-corrected chi connectivity index (χ3v) is 4.06. The molecule has 0 bridgehead atoms. The lowest BCUT2D eigenvalue weighted by molar-refractivity contribution is -0.122. The summed E-state index contributed by atoms with van der Waals surface area (Å²) in [5, 5.41) is 8.43. The van der Waals surface area contributed by atoms with Gasteiger partial charge in [0.05, 0.1) is 5.92 Å². The zero-order valence-corrected chi connectivity index (χ0v) is 11.6. The summed E-state index contributed by atoms with van der Waals surface area (Å²) in [6.07, 6.45) is 2.24. The van der Waals surface area contributed by atoms with E-state index in [1.54, 1.807) is 11.3 Å². The highest BCUT2D eigenvalue weighted by Gasteiger charge is 2.20. The van der Waals surface area contributed by atoms with Crippen LogP contribution in [0, 0.1) is 0 Å². The Balaban J connectivity index is 0.00000144. The summed E-state index contributed by atoms with van der Waals surface area (Å²) in [4.78, 5) is 13.1. The minimum Gasteiger partial charge on any atom is -0.352 e. The quantitative estimate of drug-likeness (QED) is 0.887. The molecule has 5 heteroatoms. The van der Waals surface area contributed by atoms with E-state index in [1.165, 1.54) is 0 Å². The molecule has 1 aromatic heterocycles. The van der Waals surface area contributed by atoms with E-state index in [9.17, 15) is 4.79 Å². The number of carbonyl (C=O) groups is 1. The smallest absolute Gasteiger partial charge is 0.228 e. The van der Waals surface area contributed by atoms with E-state index in [2.05, 4.69) is 10.6 Å². The van der Waals surface area contributed by atoms with Crippen molar-refractivity contribution < 1.29 is 4.79 Å². The summed E-state index contributed by atoms with van der Waals surface area (Å²) >= 11 is 1.64. The lowest BCUT2D eigenvalue weighted by atomic mass is 10.1. The normalized spacial score (nSPS) is 21.4. The van der Waals surface area contributed by atoms with E-state index < -0.39 is 0 Å². The van der Waals surface area contributed by atoms with Crippen LogP contribution in [0.15, 0.2) is 17.5 Å². The number of piperidine rings is 1. The van der Waals surface area contributed by atoms with Crippen molar-refractivity contribution >= 4 is 29.7 Å². The molecule has 1 aliphatic rings. The van der Waals surface area contributed by atoms with Gasteiger partial charge in [0.25, 0.3) is 0 Å². The number of nitrogens with one attached hydrogen (secondary N) is 2. The molecule has 96 valence electrons. The van der Waals surface area contributed by atoms with Crippen molar-refractivity contribution in [3.8, 4) is 0 Å². The second kappa shape index (κ2) is 6.99. The average Bonchev–Trinajstić information content (AvgIpc) is 2.83. The molecule has 1 saturated heterocycles. The van der Waals surface area contributed by atoms with Crippen LogP contribution in [-0.4, -0.2) is 25.0 Å². The van der Waals surface area contributed by atoms with E-state index in [0.717, 1.165) is 30.8 Å². The van der Waals surface area contributed by atoms with Gasteiger partial charge in [0, 0.05) is 17.5 Å². The van der Waals surface area contributed by atoms with Gasteiger partial charge < -0.3 is 10.6 Å². The summed E-state index contributed by atoms with van der Waals surface area (Å²) in [6, 6.07) is 4.32. The Labute approximate surface area is 112 Å². The zero-order chi connectivity index (χ0) is 11.4. The molecule has 2 atom stereocenters. The van der Waals surface area contributed by atoms with Crippen LogP contribution in [0.4, 0.5) is 0 Å². The van der Waals surface area contributed by atoms with Crippen molar-refractivity contribution in [2.75, 3.05) is 13.1 Å². The van der Waals surface area contributed by atoms with Crippen LogP contribution in [0.5, 0.6) is 0 Å². The molecule has 3 nitrogen and oxygen atoms in total. The predicted octanol–water partition coefficient (Wildman–Crippen LogP) is 2.14. The summed E-state index contributed by atoms with van der Waals surface area (Å²) in [5.41, 5.74) is 0. The molecule has 2 rings (SSSR count). The Morgan fingerprint density at radius 1 is 1.65 bits per heavy atom. The molecule has 0 aromatic carbocycles. The number of amides is 1. The Hall–Kier alpha value is -0.580. The van der Waals surface area contributed by atoms with Crippen LogP contribution < -0.4 is 10.6 Å². The monoisotopic (exact) mass is 274 g/mol. The SMILES string of the molecule is CC(C(=O)NC1CCCNC1)c1cccs1.Cl. The standard InChI is InChI=1S/C12H18N2OS.ClH/c1-9(11-5-3-7-16-11)12(15)14-10-4-2-6-13-8-10;/h3,5,7,9-10,13H,2,4,6,8H2,1H3,(H,14,15);1H. The molecular formula is C12H19ClN2OS. The highest BCUT2D eigenvalue weighted by Crippen LogP contribution is 2.21. The second-order valence-corrected chi connectivity index (χ2v) is 5.27. The molecule has 0 spiro atoms. The van der Waals surface area contributed by atoms with Crippen LogP contribution in [0.2, 0.25) is 0 Å². The Morgan fingerprint density at radius 3 is 3.06 bits per heavy atom. The molecule has 1 fully saturated rings. The summed E-state index contributed by atoms with van der Waals surface area (Å²) in [5.74, 6) is 0.123. The molecule has 1 amide bonds. The number of rotatable bonds is 3. The van der Waals surface area contributed by atoms with Gasteiger partial charge in [-0.1, -0.05) is 6.07 Å². The molecule has 17 heavy (non-hydrogen) atoms. The zero-order valence-electron chi connectivity index (χ0n) is 9.94. The number of carbonyl (C=O) groups excluding carboxylic acids is 1. The first-order chi connectivity index (χ1) is 7.77. The summed E-state index contributed by atoms with van der Waals surface area (Å²) in [6.45, 7) is 3.95.